The number of carbonyl (C=O) groups excluding carboxylic acids is 3. The number of hydrogen-bond donors (Lipinski definition) is 2. The lowest BCUT2D eigenvalue weighted by atomic mass is 9.58. The van der Waals surface area contributed by atoms with Gasteiger partial charge in [-0.05, 0) is 30.5 Å². The summed E-state index contributed by atoms with van der Waals surface area (Å²) in [5.74, 6) is -0.869. The molecule has 2 atom stereocenters. The lowest BCUT2D eigenvalue weighted by Crippen LogP contribution is -2.61. The van der Waals surface area contributed by atoms with Gasteiger partial charge in [-0.2, -0.15) is 0 Å². The molecule has 4 rings (SSSR count). The molecule has 1 aromatic carbocycles. The smallest absolute Gasteiger partial charge is 0.331 e. The number of nitrogens with zero attached hydrogens (tertiary/aromatic N) is 2. The maximum Gasteiger partial charge on any atom is 0.331 e. The first-order valence-corrected chi connectivity index (χ1v) is 14.7. The number of nitrogens with one attached hydrogen (secondary N) is 1. The van der Waals surface area contributed by atoms with E-state index in [9.17, 15) is 14.4 Å². The number of halogens is 3. The molecular formula is C28H30BrCl2N3O6. The van der Waals surface area contributed by atoms with Crippen molar-refractivity contribution in [3.8, 4) is 0 Å². The molecule has 1 amide bonds. The normalized spacial score (nSPS) is 19.8. The van der Waals surface area contributed by atoms with Crippen molar-refractivity contribution in [1.29, 1.82) is 0 Å². The third kappa shape index (κ3) is 6.91. The first-order chi connectivity index (χ1) is 19.3. The number of aliphatic imine (C=N–C) groups is 1. The average Bonchev–Trinajstić information content (AvgIpc) is 2.95. The van der Waals surface area contributed by atoms with Gasteiger partial charge in [-0.1, -0.05) is 70.5 Å². The second-order valence-electron chi connectivity index (χ2n) is 9.74. The van der Waals surface area contributed by atoms with Crippen molar-refractivity contribution >= 4 is 68.2 Å². The van der Waals surface area contributed by atoms with E-state index in [2.05, 4.69) is 26.2 Å². The number of aliphatic hydroxyl groups excluding tert-OH is 1. The Balaban J connectivity index is 1.50. The largest absolute Gasteiger partial charge is 0.462 e. The van der Waals surface area contributed by atoms with Gasteiger partial charge in [-0.15, -0.1) is 0 Å². The van der Waals surface area contributed by atoms with Crippen LogP contribution in [0.3, 0.4) is 0 Å². The second-order valence-corrected chi connectivity index (χ2v) is 11.5. The molecule has 1 heterocycles. The van der Waals surface area contributed by atoms with E-state index in [0.717, 1.165) is 37.7 Å². The minimum absolute atomic E-state index is 0.0209. The molecule has 2 aromatic rings. The number of ether oxygens (including phenoxy) is 2. The number of carbonyl (C=O) groups is 3. The van der Waals surface area contributed by atoms with Crippen LogP contribution in [-0.2, 0) is 25.5 Å². The Labute approximate surface area is 250 Å². The number of benzene rings is 1. The fraction of sp³-hybridized carbons (Fsp3) is 0.464. The minimum Gasteiger partial charge on any atom is -0.462 e. The van der Waals surface area contributed by atoms with Gasteiger partial charge in [0, 0.05) is 30.2 Å². The third-order valence-corrected chi connectivity index (χ3v) is 8.56. The maximum absolute atomic E-state index is 13.1. The summed E-state index contributed by atoms with van der Waals surface area (Å²) in [6.45, 7) is 0.208. The lowest BCUT2D eigenvalue weighted by Gasteiger charge is -2.48. The molecule has 2 aliphatic carbocycles. The predicted octanol–water partition coefficient (Wildman–Crippen LogP) is 4.84. The van der Waals surface area contributed by atoms with Crippen LogP contribution in [0.25, 0.3) is 0 Å². The van der Waals surface area contributed by atoms with Crippen LogP contribution < -0.4 is 5.32 Å². The standard InChI is InChI=1S/C28H30BrCl2N3O6/c29-23-24(28(25(23)36)8-2-1-3-9-28)34-21(27(38)40-13-12-39-11-10-35)14-17-4-6-18(7-5-17)33-26(37)22-19(30)15-32-16-20(22)31/h4-7,15-16,21,23,35H,1-3,8-14H2,(H,33,37)/t21-,23?/m0/s1. The molecular weight excluding hydrogens is 625 g/mol. The summed E-state index contributed by atoms with van der Waals surface area (Å²) in [5.41, 5.74) is 1.54. The fourth-order valence-electron chi connectivity index (χ4n) is 5.09. The number of pyridine rings is 1. The summed E-state index contributed by atoms with van der Waals surface area (Å²) >= 11 is 15.6. The molecule has 2 fully saturated rings. The molecule has 2 N–H and O–H groups in total. The first-order valence-electron chi connectivity index (χ1n) is 13.1. The lowest BCUT2D eigenvalue weighted by molar-refractivity contribution is -0.146. The van der Waals surface area contributed by atoms with Crippen LogP contribution >= 0.6 is 39.1 Å². The van der Waals surface area contributed by atoms with Crippen LogP contribution in [0, 0.1) is 5.41 Å². The molecule has 40 heavy (non-hydrogen) atoms. The Morgan fingerprint density at radius 1 is 1.10 bits per heavy atom. The van der Waals surface area contributed by atoms with Crippen molar-refractivity contribution in [2.75, 3.05) is 31.7 Å². The zero-order chi connectivity index (χ0) is 28.7. The first kappa shape index (κ1) is 30.6. The number of esters is 1. The molecule has 2 saturated carbocycles. The SMILES string of the molecule is O=C(Nc1ccc(C[C@H](N=C2C(Br)C(=O)C23CCCCC3)C(=O)OCCOCCO)cc1)c1c(Cl)cncc1Cl. The number of anilines is 1. The minimum atomic E-state index is -0.866. The predicted molar refractivity (Wildman–Crippen MR) is 156 cm³/mol. The van der Waals surface area contributed by atoms with Crippen LogP contribution in [0.2, 0.25) is 10.0 Å². The summed E-state index contributed by atoms with van der Waals surface area (Å²) in [4.78, 5) is 46.9. The van der Waals surface area contributed by atoms with Crippen molar-refractivity contribution in [2.24, 2.45) is 10.4 Å². The van der Waals surface area contributed by atoms with E-state index in [4.69, 9.17) is 42.8 Å². The number of aromatic nitrogens is 1. The highest BCUT2D eigenvalue weighted by atomic mass is 79.9. The van der Waals surface area contributed by atoms with Crippen molar-refractivity contribution in [2.45, 2.75) is 49.4 Å². The summed E-state index contributed by atoms with van der Waals surface area (Å²) < 4.78 is 10.6. The third-order valence-electron chi connectivity index (χ3n) is 7.14. The van der Waals surface area contributed by atoms with Gasteiger partial charge in [0.15, 0.2) is 11.8 Å². The molecule has 0 saturated heterocycles. The van der Waals surface area contributed by atoms with E-state index in [1.54, 1.807) is 24.3 Å². The van der Waals surface area contributed by atoms with Gasteiger partial charge in [0.05, 0.1) is 40.8 Å². The number of aliphatic hydroxyl groups is 1. The number of Topliss-reactive ketones (excluding diaryl/α,β-unsaturated/α-hetero) is 1. The molecule has 2 aliphatic rings. The molecule has 1 spiro atoms. The Bertz CT molecular complexity index is 1250. The Morgan fingerprint density at radius 3 is 2.42 bits per heavy atom. The van der Waals surface area contributed by atoms with Crippen molar-refractivity contribution in [1.82, 2.24) is 4.98 Å². The number of rotatable bonds is 11. The van der Waals surface area contributed by atoms with E-state index < -0.39 is 28.2 Å². The van der Waals surface area contributed by atoms with E-state index in [0.29, 0.717) is 11.4 Å². The molecule has 1 aromatic heterocycles. The summed E-state index contributed by atoms with van der Waals surface area (Å²) in [6, 6.07) is 6.11. The Kier molecular flexibility index (Phi) is 10.7. The highest BCUT2D eigenvalue weighted by molar-refractivity contribution is 9.10. The monoisotopic (exact) mass is 653 g/mol. The molecule has 0 radical (unpaired) electrons. The molecule has 9 nitrogen and oxygen atoms in total. The van der Waals surface area contributed by atoms with Crippen LogP contribution in [-0.4, -0.2) is 70.8 Å². The van der Waals surface area contributed by atoms with Gasteiger partial charge in [0.2, 0.25) is 0 Å². The quantitative estimate of drug-likeness (QED) is 0.202. The second kappa shape index (κ2) is 14.0. The number of ketones is 1. The van der Waals surface area contributed by atoms with Gasteiger partial charge in [-0.25, -0.2) is 4.79 Å². The van der Waals surface area contributed by atoms with Crippen molar-refractivity contribution < 1.29 is 29.0 Å². The fourth-order valence-corrected chi connectivity index (χ4v) is 6.62. The highest BCUT2D eigenvalue weighted by Crippen LogP contribution is 2.49. The zero-order valence-corrected chi connectivity index (χ0v) is 24.8. The van der Waals surface area contributed by atoms with E-state index >= 15 is 0 Å². The summed E-state index contributed by atoms with van der Waals surface area (Å²) in [7, 11) is 0. The maximum atomic E-state index is 13.1. The van der Waals surface area contributed by atoms with Gasteiger partial charge in [0.25, 0.3) is 5.91 Å². The van der Waals surface area contributed by atoms with Crippen molar-refractivity contribution in [3.05, 3.63) is 57.8 Å². The van der Waals surface area contributed by atoms with Crippen LogP contribution in [0.1, 0.15) is 48.0 Å². The average molecular weight is 655 g/mol. The van der Waals surface area contributed by atoms with Gasteiger partial charge >= 0.3 is 5.97 Å². The van der Waals surface area contributed by atoms with Crippen molar-refractivity contribution in [3.63, 3.8) is 0 Å². The van der Waals surface area contributed by atoms with Crippen LogP contribution in [0.15, 0.2) is 41.7 Å². The molecule has 0 bridgehead atoms. The van der Waals surface area contributed by atoms with E-state index in [1.807, 2.05) is 0 Å². The summed E-state index contributed by atoms with van der Waals surface area (Å²) in [5, 5.41) is 11.9. The highest BCUT2D eigenvalue weighted by Gasteiger charge is 2.58. The van der Waals surface area contributed by atoms with E-state index in [-0.39, 0.29) is 54.2 Å². The Hall–Kier alpha value is -2.37. The topological polar surface area (TPSA) is 127 Å². The number of alkyl halides is 1. The van der Waals surface area contributed by atoms with Crippen LogP contribution in [0.4, 0.5) is 5.69 Å². The molecule has 12 heteroatoms. The van der Waals surface area contributed by atoms with Gasteiger partial charge < -0.3 is 19.9 Å². The zero-order valence-electron chi connectivity index (χ0n) is 21.7. The Morgan fingerprint density at radius 2 is 1.77 bits per heavy atom. The molecule has 0 aliphatic heterocycles. The number of amides is 1. The molecule has 214 valence electrons. The summed E-state index contributed by atoms with van der Waals surface area (Å²) in [6.07, 6.45) is 7.38. The van der Waals surface area contributed by atoms with Gasteiger partial charge in [0.1, 0.15) is 11.4 Å². The van der Waals surface area contributed by atoms with Gasteiger partial charge in [-0.3, -0.25) is 19.6 Å². The van der Waals surface area contributed by atoms with E-state index in [1.165, 1.54) is 12.4 Å². The number of hydrogen-bond acceptors (Lipinski definition) is 8. The molecule has 1 unspecified atom stereocenters. The van der Waals surface area contributed by atoms with Crippen LogP contribution in [0.5, 0.6) is 0 Å².